The molecule has 1 heterocycles. The number of nitrogens with zero attached hydrogens (tertiary/aromatic N) is 1. The quantitative estimate of drug-likeness (QED) is 0.751. The number of aliphatic carboxylic acids is 1. The van der Waals surface area contributed by atoms with Crippen LogP contribution in [-0.2, 0) is 11.2 Å². The number of pyridine rings is 1. The summed E-state index contributed by atoms with van der Waals surface area (Å²) in [5.74, 6) is -0.0279. The smallest absolute Gasteiger partial charge is 0.303 e. The minimum absolute atomic E-state index is 0.140. The number of aromatic nitrogens is 1. The molecule has 0 atom stereocenters. The van der Waals surface area contributed by atoms with Gasteiger partial charge in [0, 0.05) is 12.1 Å². The normalized spacial score (nSPS) is 10.1. The van der Waals surface area contributed by atoms with Crippen molar-refractivity contribution in [2.75, 3.05) is 6.61 Å². The van der Waals surface area contributed by atoms with Crippen LogP contribution in [0.15, 0.2) is 12.1 Å². The number of aryl methyl sites for hydroxylation is 2. The van der Waals surface area contributed by atoms with Crippen molar-refractivity contribution >= 4 is 5.97 Å². The molecule has 0 aliphatic rings. The average molecular weight is 223 g/mol. The first kappa shape index (κ1) is 12.5. The first-order valence-electron chi connectivity index (χ1n) is 5.44. The highest BCUT2D eigenvalue weighted by atomic mass is 16.5. The first-order chi connectivity index (χ1) is 7.63. The van der Waals surface area contributed by atoms with Gasteiger partial charge in [0.15, 0.2) is 0 Å². The van der Waals surface area contributed by atoms with Gasteiger partial charge in [0.25, 0.3) is 0 Å². The third-order valence-electron chi connectivity index (χ3n) is 2.20. The molecule has 0 radical (unpaired) electrons. The highest BCUT2D eigenvalue weighted by Gasteiger charge is 2.04. The van der Waals surface area contributed by atoms with Gasteiger partial charge >= 0.3 is 5.97 Å². The van der Waals surface area contributed by atoms with Crippen LogP contribution in [0.2, 0.25) is 0 Å². The maximum absolute atomic E-state index is 10.3. The Morgan fingerprint density at radius 2 is 2.25 bits per heavy atom. The zero-order valence-electron chi connectivity index (χ0n) is 9.69. The maximum Gasteiger partial charge on any atom is 0.303 e. The third-order valence-corrected chi connectivity index (χ3v) is 2.20. The summed E-state index contributed by atoms with van der Waals surface area (Å²) in [4.78, 5) is 14.7. The Morgan fingerprint density at radius 3 is 2.88 bits per heavy atom. The minimum Gasteiger partial charge on any atom is -0.492 e. The molecule has 0 aliphatic heterocycles. The second-order valence-corrected chi connectivity index (χ2v) is 3.60. The second kappa shape index (κ2) is 6.10. The van der Waals surface area contributed by atoms with E-state index in [0.29, 0.717) is 13.0 Å². The number of carboxylic acid groups (broad SMARTS) is 1. The summed E-state index contributed by atoms with van der Waals surface area (Å²) < 4.78 is 5.51. The molecule has 16 heavy (non-hydrogen) atoms. The molecule has 0 aliphatic carbocycles. The van der Waals surface area contributed by atoms with Crippen LogP contribution >= 0.6 is 0 Å². The highest BCUT2D eigenvalue weighted by molar-refractivity contribution is 5.66. The molecule has 0 spiro atoms. The van der Waals surface area contributed by atoms with Crippen LogP contribution in [-0.4, -0.2) is 22.7 Å². The molecule has 1 rings (SSSR count). The molecule has 0 fully saturated rings. The molecular formula is C12H17NO3. The minimum atomic E-state index is -0.790. The predicted molar refractivity (Wildman–Crippen MR) is 60.7 cm³/mol. The van der Waals surface area contributed by atoms with Crippen LogP contribution < -0.4 is 4.74 Å². The van der Waals surface area contributed by atoms with E-state index in [9.17, 15) is 4.79 Å². The van der Waals surface area contributed by atoms with Crippen LogP contribution in [0.25, 0.3) is 0 Å². The summed E-state index contributed by atoms with van der Waals surface area (Å²) in [6.45, 7) is 4.38. The van der Waals surface area contributed by atoms with Gasteiger partial charge in [-0.15, -0.1) is 0 Å². The third kappa shape index (κ3) is 3.88. The van der Waals surface area contributed by atoms with Gasteiger partial charge in [-0.25, -0.2) is 0 Å². The van der Waals surface area contributed by atoms with E-state index in [0.717, 1.165) is 23.6 Å². The Hall–Kier alpha value is -1.58. The van der Waals surface area contributed by atoms with Crippen molar-refractivity contribution in [2.24, 2.45) is 0 Å². The number of ether oxygens (including phenoxy) is 1. The van der Waals surface area contributed by atoms with Crippen molar-refractivity contribution < 1.29 is 14.6 Å². The fraction of sp³-hybridized carbons (Fsp3) is 0.500. The maximum atomic E-state index is 10.3. The first-order valence-corrected chi connectivity index (χ1v) is 5.44. The van der Waals surface area contributed by atoms with E-state index in [4.69, 9.17) is 9.84 Å². The predicted octanol–water partition coefficient (Wildman–Crippen LogP) is 2.20. The van der Waals surface area contributed by atoms with Crippen LogP contribution in [0.5, 0.6) is 5.75 Å². The monoisotopic (exact) mass is 223 g/mol. The standard InChI is InChI=1S/C12H17NO3/c1-3-10-11(7-6-9(2)13-10)16-8-4-5-12(14)15/h6-7H,3-5,8H2,1-2H3,(H,14,15). The molecule has 0 amide bonds. The summed E-state index contributed by atoms with van der Waals surface area (Å²) in [6, 6.07) is 3.79. The molecule has 0 saturated carbocycles. The summed E-state index contributed by atoms with van der Waals surface area (Å²) >= 11 is 0. The average Bonchev–Trinajstić information content (AvgIpc) is 2.25. The second-order valence-electron chi connectivity index (χ2n) is 3.60. The van der Waals surface area contributed by atoms with Crippen LogP contribution in [0.1, 0.15) is 31.2 Å². The van der Waals surface area contributed by atoms with E-state index in [2.05, 4.69) is 4.98 Å². The number of carboxylic acids is 1. The molecule has 4 nitrogen and oxygen atoms in total. The molecule has 0 bridgehead atoms. The Morgan fingerprint density at radius 1 is 1.50 bits per heavy atom. The largest absolute Gasteiger partial charge is 0.492 e. The fourth-order valence-electron chi connectivity index (χ4n) is 1.39. The zero-order chi connectivity index (χ0) is 12.0. The van der Waals surface area contributed by atoms with E-state index in [1.165, 1.54) is 0 Å². The zero-order valence-corrected chi connectivity index (χ0v) is 9.69. The topological polar surface area (TPSA) is 59.4 Å². The van der Waals surface area contributed by atoms with Crippen molar-refractivity contribution in [2.45, 2.75) is 33.1 Å². The van der Waals surface area contributed by atoms with Gasteiger partial charge in [-0.1, -0.05) is 6.92 Å². The van der Waals surface area contributed by atoms with Crippen molar-refractivity contribution in [1.29, 1.82) is 0 Å². The lowest BCUT2D eigenvalue weighted by Crippen LogP contribution is -2.04. The lowest BCUT2D eigenvalue weighted by molar-refractivity contribution is -0.137. The van der Waals surface area contributed by atoms with Crippen molar-refractivity contribution in [3.8, 4) is 5.75 Å². The van der Waals surface area contributed by atoms with Crippen LogP contribution in [0.4, 0.5) is 0 Å². The van der Waals surface area contributed by atoms with E-state index in [1.807, 2.05) is 26.0 Å². The van der Waals surface area contributed by atoms with Crippen molar-refractivity contribution in [1.82, 2.24) is 4.98 Å². The van der Waals surface area contributed by atoms with E-state index in [-0.39, 0.29) is 6.42 Å². The molecule has 4 heteroatoms. The summed E-state index contributed by atoms with van der Waals surface area (Å²) in [5, 5.41) is 8.48. The van der Waals surface area contributed by atoms with Gasteiger partial charge in [-0.3, -0.25) is 9.78 Å². The van der Waals surface area contributed by atoms with Crippen LogP contribution in [0, 0.1) is 6.92 Å². The Balaban J connectivity index is 2.50. The van der Waals surface area contributed by atoms with Gasteiger partial charge in [-0.05, 0) is 31.9 Å². The SMILES string of the molecule is CCc1nc(C)ccc1OCCCC(=O)O. The number of rotatable bonds is 6. The summed E-state index contributed by atoms with van der Waals surface area (Å²) in [5.41, 5.74) is 1.89. The van der Waals surface area contributed by atoms with Gasteiger partial charge < -0.3 is 9.84 Å². The van der Waals surface area contributed by atoms with E-state index in [1.54, 1.807) is 0 Å². The molecule has 1 aromatic heterocycles. The van der Waals surface area contributed by atoms with Crippen LogP contribution in [0.3, 0.4) is 0 Å². The molecule has 88 valence electrons. The summed E-state index contributed by atoms with van der Waals surface area (Å²) in [6.07, 6.45) is 1.48. The highest BCUT2D eigenvalue weighted by Crippen LogP contribution is 2.17. The lowest BCUT2D eigenvalue weighted by atomic mass is 10.2. The molecule has 1 N–H and O–H groups in total. The van der Waals surface area contributed by atoms with Gasteiger partial charge in [0.1, 0.15) is 5.75 Å². The summed E-state index contributed by atoms with van der Waals surface area (Å²) in [7, 11) is 0. The number of carbonyl (C=O) groups is 1. The molecule has 0 saturated heterocycles. The lowest BCUT2D eigenvalue weighted by Gasteiger charge is -2.09. The fourth-order valence-corrected chi connectivity index (χ4v) is 1.39. The van der Waals surface area contributed by atoms with Crippen molar-refractivity contribution in [3.63, 3.8) is 0 Å². The van der Waals surface area contributed by atoms with E-state index >= 15 is 0 Å². The Kier molecular flexibility index (Phi) is 4.76. The van der Waals surface area contributed by atoms with Crippen molar-refractivity contribution in [3.05, 3.63) is 23.5 Å². The molecule has 0 aromatic carbocycles. The number of hydrogen-bond donors (Lipinski definition) is 1. The molecule has 1 aromatic rings. The van der Waals surface area contributed by atoms with Gasteiger partial charge in [0.2, 0.25) is 0 Å². The molecule has 0 unspecified atom stereocenters. The van der Waals surface area contributed by atoms with E-state index < -0.39 is 5.97 Å². The van der Waals surface area contributed by atoms with Gasteiger partial charge in [-0.2, -0.15) is 0 Å². The number of hydrogen-bond acceptors (Lipinski definition) is 3. The molecular weight excluding hydrogens is 206 g/mol. The Labute approximate surface area is 95.3 Å². The Bertz CT molecular complexity index is 363. The van der Waals surface area contributed by atoms with Gasteiger partial charge in [0.05, 0.1) is 12.3 Å².